The predicted molar refractivity (Wildman–Crippen MR) is 91.4 cm³/mol. The van der Waals surface area contributed by atoms with Gasteiger partial charge in [0.05, 0.1) is 17.7 Å². The summed E-state index contributed by atoms with van der Waals surface area (Å²) < 4.78 is 5.06. The quantitative estimate of drug-likeness (QED) is 0.822. The van der Waals surface area contributed by atoms with E-state index in [1.165, 1.54) is 11.3 Å². The van der Waals surface area contributed by atoms with E-state index in [4.69, 9.17) is 4.74 Å². The Morgan fingerprint density at radius 2 is 1.86 bits per heavy atom. The zero-order chi connectivity index (χ0) is 16.3. The number of thiophene rings is 2. The summed E-state index contributed by atoms with van der Waals surface area (Å²) in [6, 6.07) is 3.66. The van der Waals surface area contributed by atoms with Crippen molar-refractivity contribution in [1.29, 1.82) is 0 Å². The van der Waals surface area contributed by atoms with E-state index < -0.39 is 5.97 Å². The number of ether oxygens (including phenoxy) is 1. The van der Waals surface area contributed by atoms with E-state index in [0.29, 0.717) is 22.7 Å². The minimum Gasteiger partial charge on any atom is -0.462 e. The molecule has 2 rings (SSSR count). The highest BCUT2D eigenvalue weighted by atomic mass is 32.1. The van der Waals surface area contributed by atoms with Gasteiger partial charge in [-0.2, -0.15) is 0 Å². The first-order valence-electron chi connectivity index (χ1n) is 7.14. The molecule has 22 heavy (non-hydrogen) atoms. The summed E-state index contributed by atoms with van der Waals surface area (Å²) in [6.45, 7) is 7.98. The number of carbonyl (C=O) groups excluding carboxylic acids is 2. The smallest absolute Gasteiger partial charge is 0.341 e. The summed E-state index contributed by atoms with van der Waals surface area (Å²) in [5, 5.41) is 3.42. The zero-order valence-corrected chi connectivity index (χ0v) is 14.7. The molecule has 6 heteroatoms. The van der Waals surface area contributed by atoms with Crippen molar-refractivity contribution < 1.29 is 14.3 Å². The van der Waals surface area contributed by atoms with E-state index in [0.717, 1.165) is 21.1 Å². The Morgan fingerprint density at radius 1 is 1.14 bits per heavy atom. The number of amides is 1. The van der Waals surface area contributed by atoms with Crippen molar-refractivity contribution >= 4 is 39.6 Å². The summed E-state index contributed by atoms with van der Waals surface area (Å²) in [5.74, 6) is -0.580. The molecule has 0 radical (unpaired) electrons. The summed E-state index contributed by atoms with van der Waals surface area (Å²) in [7, 11) is 0. The maximum atomic E-state index is 12.4. The molecule has 118 valence electrons. The third-order valence-corrected chi connectivity index (χ3v) is 5.30. The molecule has 0 aliphatic rings. The second kappa shape index (κ2) is 7.07. The number of hydrogen-bond acceptors (Lipinski definition) is 5. The Bertz CT molecular complexity index is 700. The molecular formula is C16H19NO3S2. The van der Waals surface area contributed by atoms with Gasteiger partial charge in [-0.1, -0.05) is 6.92 Å². The normalized spacial score (nSPS) is 10.5. The van der Waals surface area contributed by atoms with E-state index in [1.807, 2.05) is 26.8 Å². The van der Waals surface area contributed by atoms with Crippen molar-refractivity contribution in [3.8, 4) is 0 Å². The van der Waals surface area contributed by atoms with Crippen molar-refractivity contribution in [2.24, 2.45) is 0 Å². The molecular weight excluding hydrogens is 318 g/mol. The third kappa shape index (κ3) is 3.56. The standard InChI is InChI=1S/C16H19NO3S2/c1-5-11-8-13(16(19)20-6-2)15(22-11)17-14(18)12-7-9(3)21-10(12)4/h7-8H,5-6H2,1-4H3,(H,17,18). The molecule has 0 aliphatic carbocycles. The van der Waals surface area contributed by atoms with E-state index in [-0.39, 0.29) is 5.91 Å². The fourth-order valence-corrected chi connectivity index (χ4v) is 4.00. The molecule has 0 spiro atoms. The van der Waals surface area contributed by atoms with E-state index >= 15 is 0 Å². The van der Waals surface area contributed by atoms with Crippen LogP contribution in [-0.4, -0.2) is 18.5 Å². The van der Waals surface area contributed by atoms with Crippen LogP contribution in [0.2, 0.25) is 0 Å². The van der Waals surface area contributed by atoms with Gasteiger partial charge in [-0.15, -0.1) is 22.7 Å². The first kappa shape index (κ1) is 16.7. The summed E-state index contributed by atoms with van der Waals surface area (Å²) in [5.41, 5.74) is 1.09. The molecule has 0 aromatic carbocycles. The van der Waals surface area contributed by atoms with Gasteiger partial charge in [0.15, 0.2) is 0 Å². The van der Waals surface area contributed by atoms with Gasteiger partial charge in [-0.3, -0.25) is 4.79 Å². The van der Waals surface area contributed by atoms with Crippen LogP contribution < -0.4 is 5.32 Å². The van der Waals surface area contributed by atoms with Crippen LogP contribution >= 0.6 is 22.7 Å². The van der Waals surface area contributed by atoms with E-state index in [1.54, 1.807) is 24.3 Å². The molecule has 0 aliphatic heterocycles. The summed E-state index contributed by atoms with van der Waals surface area (Å²) >= 11 is 3.01. The minimum absolute atomic E-state index is 0.183. The van der Waals surface area contributed by atoms with Crippen LogP contribution in [0.1, 0.15) is 49.2 Å². The SMILES string of the molecule is CCOC(=O)c1cc(CC)sc1NC(=O)c1cc(C)sc1C. The molecule has 0 saturated heterocycles. The predicted octanol–water partition coefficient (Wildman–Crippen LogP) is 4.42. The first-order chi connectivity index (χ1) is 10.5. The fourth-order valence-electron chi connectivity index (χ4n) is 2.10. The summed E-state index contributed by atoms with van der Waals surface area (Å²) in [6.07, 6.45) is 0.809. The van der Waals surface area contributed by atoms with Crippen molar-refractivity contribution in [2.45, 2.75) is 34.1 Å². The average molecular weight is 337 g/mol. The van der Waals surface area contributed by atoms with Crippen LogP contribution in [0.5, 0.6) is 0 Å². The van der Waals surface area contributed by atoms with Crippen LogP contribution in [0.3, 0.4) is 0 Å². The van der Waals surface area contributed by atoms with Crippen molar-refractivity contribution in [1.82, 2.24) is 0 Å². The first-order valence-corrected chi connectivity index (χ1v) is 8.77. The van der Waals surface area contributed by atoms with Gasteiger partial charge in [0.1, 0.15) is 5.00 Å². The second-order valence-corrected chi connectivity index (χ2v) is 7.41. The molecule has 2 aromatic heterocycles. The van der Waals surface area contributed by atoms with Crippen LogP contribution in [0.25, 0.3) is 0 Å². The Balaban J connectivity index is 2.28. The number of hydrogen-bond donors (Lipinski definition) is 1. The number of esters is 1. The molecule has 0 atom stereocenters. The van der Waals surface area contributed by atoms with E-state index in [2.05, 4.69) is 5.32 Å². The molecule has 0 bridgehead atoms. The lowest BCUT2D eigenvalue weighted by molar-refractivity contribution is 0.0528. The molecule has 4 nitrogen and oxygen atoms in total. The van der Waals surface area contributed by atoms with Crippen LogP contribution in [0.15, 0.2) is 12.1 Å². The van der Waals surface area contributed by atoms with Crippen molar-refractivity contribution in [3.63, 3.8) is 0 Å². The monoisotopic (exact) mass is 337 g/mol. The largest absolute Gasteiger partial charge is 0.462 e. The van der Waals surface area contributed by atoms with Gasteiger partial charge < -0.3 is 10.1 Å². The zero-order valence-electron chi connectivity index (χ0n) is 13.1. The Morgan fingerprint density at radius 3 is 2.41 bits per heavy atom. The number of nitrogens with one attached hydrogen (secondary N) is 1. The molecule has 2 heterocycles. The number of rotatable bonds is 5. The molecule has 0 unspecified atom stereocenters. The maximum absolute atomic E-state index is 12.4. The highest BCUT2D eigenvalue weighted by molar-refractivity contribution is 7.16. The Hall–Kier alpha value is -1.66. The summed E-state index contributed by atoms with van der Waals surface area (Å²) in [4.78, 5) is 27.5. The minimum atomic E-state index is -0.396. The van der Waals surface area contributed by atoms with Gasteiger partial charge in [-0.05, 0) is 39.3 Å². The van der Waals surface area contributed by atoms with Gasteiger partial charge in [0.25, 0.3) is 5.91 Å². The number of aryl methyl sites for hydroxylation is 3. The fraction of sp³-hybridized carbons (Fsp3) is 0.375. The number of anilines is 1. The Kier molecular flexibility index (Phi) is 5.37. The van der Waals surface area contributed by atoms with Crippen LogP contribution in [0.4, 0.5) is 5.00 Å². The van der Waals surface area contributed by atoms with Gasteiger partial charge >= 0.3 is 5.97 Å². The highest BCUT2D eigenvalue weighted by Crippen LogP contribution is 2.30. The average Bonchev–Trinajstić information content (AvgIpc) is 3.02. The van der Waals surface area contributed by atoms with Crippen molar-refractivity contribution in [3.05, 3.63) is 37.9 Å². The lowest BCUT2D eigenvalue weighted by Crippen LogP contribution is -2.14. The van der Waals surface area contributed by atoms with Crippen LogP contribution in [0, 0.1) is 13.8 Å². The van der Waals surface area contributed by atoms with Gasteiger partial charge in [-0.25, -0.2) is 4.79 Å². The number of carbonyl (C=O) groups is 2. The van der Waals surface area contributed by atoms with Gasteiger partial charge in [0, 0.05) is 14.6 Å². The Labute approximate surface area is 138 Å². The second-order valence-electron chi connectivity index (χ2n) is 4.81. The lowest BCUT2D eigenvalue weighted by atomic mass is 10.2. The topological polar surface area (TPSA) is 55.4 Å². The molecule has 2 aromatic rings. The molecule has 1 amide bonds. The maximum Gasteiger partial charge on any atom is 0.341 e. The molecule has 1 N–H and O–H groups in total. The van der Waals surface area contributed by atoms with Crippen LogP contribution in [-0.2, 0) is 11.2 Å². The lowest BCUT2D eigenvalue weighted by Gasteiger charge is -2.05. The van der Waals surface area contributed by atoms with E-state index in [9.17, 15) is 9.59 Å². The van der Waals surface area contributed by atoms with Crippen molar-refractivity contribution in [2.75, 3.05) is 11.9 Å². The highest BCUT2D eigenvalue weighted by Gasteiger charge is 2.20. The third-order valence-electron chi connectivity index (χ3n) is 3.14. The molecule has 0 fully saturated rings. The molecule has 0 saturated carbocycles. The van der Waals surface area contributed by atoms with Gasteiger partial charge in [0.2, 0.25) is 0 Å².